The van der Waals surface area contributed by atoms with Crippen molar-refractivity contribution in [3.8, 4) is 0 Å². The molecule has 0 aromatic rings. The van der Waals surface area contributed by atoms with E-state index in [0.29, 0.717) is 31.8 Å². The van der Waals surface area contributed by atoms with Crippen LogP contribution in [0, 0.1) is 5.41 Å². The first-order valence-corrected chi connectivity index (χ1v) is 7.86. The van der Waals surface area contributed by atoms with Crippen molar-refractivity contribution in [2.24, 2.45) is 5.41 Å². The zero-order valence-corrected chi connectivity index (χ0v) is 12.1. The fourth-order valence-corrected chi connectivity index (χ4v) is 2.91. The van der Waals surface area contributed by atoms with Crippen LogP contribution in [0.2, 0.25) is 0 Å². The molecule has 1 amide bonds. The van der Waals surface area contributed by atoms with Crippen molar-refractivity contribution in [3.05, 3.63) is 0 Å². The van der Waals surface area contributed by atoms with E-state index >= 15 is 0 Å². The lowest BCUT2D eigenvalue weighted by Crippen LogP contribution is -2.43. The molecule has 0 aliphatic heterocycles. The number of carboxylic acid groups (broad SMARTS) is 1. The van der Waals surface area contributed by atoms with Gasteiger partial charge in [-0.1, -0.05) is 25.7 Å². The van der Waals surface area contributed by atoms with E-state index in [0.717, 1.165) is 25.7 Å². The van der Waals surface area contributed by atoms with Gasteiger partial charge in [0, 0.05) is 25.6 Å². The highest BCUT2D eigenvalue weighted by atomic mass is 16.4. The van der Waals surface area contributed by atoms with E-state index in [1.807, 2.05) is 0 Å². The highest BCUT2D eigenvalue weighted by Crippen LogP contribution is 2.34. The van der Waals surface area contributed by atoms with Gasteiger partial charge in [-0.2, -0.15) is 0 Å². The van der Waals surface area contributed by atoms with Crippen molar-refractivity contribution in [2.45, 2.75) is 63.8 Å². The van der Waals surface area contributed by atoms with Crippen molar-refractivity contribution >= 4 is 11.9 Å². The highest BCUT2D eigenvalue weighted by Gasteiger charge is 2.38. The SMILES string of the molecule is O=C(CCNC1CC1)NCC1(C(=O)O)CCCCCC1. The van der Waals surface area contributed by atoms with Crippen LogP contribution in [0.25, 0.3) is 0 Å². The topological polar surface area (TPSA) is 78.4 Å². The Morgan fingerprint density at radius 1 is 1.10 bits per heavy atom. The summed E-state index contributed by atoms with van der Waals surface area (Å²) in [5.41, 5.74) is -0.740. The Labute approximate surface area is 120 Å². The Kier molecular flexibility index (Phi) is 5.40. The number of hydrogen-bond donors (Lipinski definition) is 3. The van der Waals surface area contributed by atoms with Crippen LogP contribution in [0.3, 0.4) is 0 Å². The van der Waals surface area contributed by atoms with Crippen LogP contribution in [0.5, 0.6) is 0 Å². The van der Waals surface area contributed by atoms with Gasteiger partial charge in [-0.3, -0.25) is 9.59 Å². The molecule has 0 unspecified atom stereocenters. The third-order valence-electron chi connectivity index (χ3n) is 4.50. The van der Waals surface area contributed by atoms with Gasteiger partial charge in [0.15, 0.2) is 0 Å². The van der Waals surface area contributed by atoms with Crippen LogP contribution in [0.1, 0.15) is 57.8 Å². The number of rotatable bonds is 7. The molecule has 2 aliphatic rings. The molecule has 0 radical (unpaired) electrons. The van der Waals surface area contributed by atoms with Gasteiger partial charge >= 0.3 is 5.97 Å². The zero-order valence-electron chi connectivity index (χ0n) is 12.1. The van der Waals surface area contributed by atoms with E-state index in [4.69, 9.17) is 0 Å². The first kappa shape index (κ1) is 15.3. The van der Waals surface area contributed by atoms with E-state index in [1.165, 1.54) is 12.8 Å². The number of hydrogen-bond acceptors (Lipinski definition) is 3. The number of aliphatic carboxylic acids is 1. The number of amides is 1. The van der Waals surface area contributed by atoms with E-state index in [9.17, 15) is 14.7 Å². The van der Waals surface area contributed by atoms with Gasteiger partial charge in [0.1, 0.15) is 0 Å². The van der Waals surface area contributed by atoms with E-state index in [2.05, 4.69) is 10.6 Å². The first-order valence-electron chi connectivity index (χ1n) is 7.86. The van der Waals surface area contributed by atoms with Gasteiger partial charge in [0.2, 0.25) is 5.91 Å². The van der Waals surface area contributed by atoms with Crippen molar-refractivity contribution < 1.29 is 14.7 Å². The summed E-state index contributed by atoms with van der Waals surface area (Å²) in [6.07, 6.45) is 8.34. The van der Waals surface area contributed by atoms with Crippen molar-refractivity contribution in [1.29, 1.82) is 0 Å². The van der Waals surface area contributed by atoms with Gasteiger partial charge in [-0.15, -0.1) is 0 Å². The van der Waals surface area contributed by atoms with Gasteiger partial charge in [0.05, 0.1) is 5.41 Å². The second-order valence-corrected chi connectivity index (χ2v) is 6.25. The normalized spacial score (nSPS) is 22.0. The monoisotopic (exact) mass is 282 g/mol. The Balaban J connectivity index is 1.75. The van der Waals surface area contributed by atoms with Crippen molar-refractivity contribution in [3.63, 3.8) is 0 Å². The molecule has 2 saturated carbocycles. The first-order chi connectivity index (χ1) is 9.62. The molecule has 114 valence electrons. The quantitative estimate of drug-likeness (QED) is 0.621. The standard InChI is InChI=1S/C15H26N2O3/c18-13(7-10-16-12-5-6-12)17-11-15(14(19)20)8-3-1-2-4-9-15/h12,16H,1-11H2,(H,17,18)(H,19,20). The van der Waals surface area contributed by atoms with Gasteiger partial charge in [-0.05, 0) is 25.7 Å². The summed E-state index contributed by atoms with van der Waals surface area (Å²) < 4.78 is 0. The largest absolute Gasteiger partial charge is 0.481 e. The molecular weight excluding hydrogens is 256 g/mol. The molecule has 2 aliphatic carbocycles. The highest BCUT2D eigenvalue weighted by molar-refractivity contribution is 5.79. The minimum atomic E-state index is -0.754. The van der Waals surface area contributed by atoms with Crippen LogP contribution >= 0.6 is 0 Å². The molecule has 5 heteroatoms. The third-order valence-corrected chi connectivity index (χ3v) is 4.50. The fraction of sp³-hybridized carbons (Fsp3) is 0.867. The maximum atomic E-state index is 11.8. The Hall–Kier alpha value is -1.10. The predicted molar refractivity (Wildman–Crippen MR) is 76.4 cm³/mol. The van der Waals surface area contributed by atoms with Crippen molar-refractivity contribution in [1.82, 2.24) is 10.6 Å². The number of nitrogens with one attached hydrogen (secondary N) is 2. The Morgan fingerprint density at radius 2 is 1.75 bits per heavy atom. The lowest BCUT2D eigenvalue weighted by Gasteiger charge is -2.28. The van der Waals surface area contributed by atoms with E-state index < -0.39 is 11.4 Å². The van der Waals surface area contributed by atoms with Crippen LogP contribution in [-0.4, -0.2) is 36.1 Å². The van der Waals surface area contributed by atoms with Gasteiger partial charge in [-0.25, -0.2) is 0 Å². The molecule has 0 bridgehead atoms. The van der Waals surface area contributed by atoms with Gasteiger partial charge < -0.3 is 15.7 Å². The summed E-state index contributed by atoms with van der Waals surface area (Å²) in [6, 6.07) is 0.606. The lowest BCUT2D eigenvalue weighted by atomic mass is 9.80. The third kappa shape index (κ3) is 4.47. The van der Waals surface area contributed by atoms with Crippen LogP contribution < -0.4 is 10.6 Å². The summed E-state index contributed by atoms with van der Waals surface area (Å²) in [7, 11) is 0. The summed E-state index contributed by atoms with van der Waals surface area (Å²) in [4.78, 5) is 23.4. The molecule has 2 fully saturated rings. The molecule has 3 N–H and O–H groups in total. The molecule has 0 atom stereocenters. The second-order valence-electron chi connectivity index (χ2n) is 6.25. The summed E-state index contributed by atoms with van der Waals surface area (Å²) >= 11 is 0. The van der Waals surface area contributed by atoms with E-state index in [-0.39, 0.29) is 12.5 Å². The Bertz CT molecular complexity index is 345. The molecule has 0 saturated heterocycles. The van der Waals surface area contributed by atoms with Crippen LogP contribution in [-0.2, 0) is 9.59 Å². The zero-order chi connectivity index (χ0) is 14.4. The Morgan fingerprint density at radius 3 is 2.30 bits per heavy atom. The predicted octanol–water partition coefficient (Wildman–Crippen LogP) is 1.67. The smallest absolute Gasteiger partial charge is 0.311 e. The van der Waals surface area contributed by atoms with Crippen LogP contribution in [0.4, 0.5) is 0 Å². The molecular formula is C15H26N2O3. The molecule has 0 aromatic carbocycles. The summed E-state index contributed by atoms with van der Waals surface area (Å²) in [5.74, 6) is -0.793. The molecule has 0 aromatic heterocycles. The average molecular weight is 282 g/mol. The van der Waals surface area contributed by atoms with Gasteiger partial charge in [0.25, 0.3) is 0 Å². The average Bonchev–Trinajstić information content (AvgIpc) is 3.23. The molecule has 5 nitrogen and oxygen atoms in total. The molecule has 0 heterocycles. The summed E-state index contributed by atoms with van der Waals surface area (Å²) in [6.45, 7) is 0.973. The fourth-order valence-electron chi connectivity index (χ4n) is 2.91. The number of carbonyl (C=O) groups excluding carboxylic acids is 1. The molecule has 2 rings (SSSR count). The second kappa shape index (κ2) is 7.07. The molecule has 0 spiro atoms. The minimum Gasteiger partial charge on any atom is -0.481 e. The maximum absolute atomic E-state index is 11.8. The van der Waals surface area contributed by atoms with Crippen molar-refractivity contribution in [2.75, 3.05) is 13.1 Å². The molecule has 20 heavy (non-hydrogen) atoms. The lowest BCUT2D eigenvalue weighted by molar-refractivity contribution is -0.149. The summed E-state index contributed by atoms with van der Waals surface area (Å²) in [5, 5.41) is 15.6. The number of carbonyl (C=O) groups is 2. The maximum Gasteiger partial charge on any atom is 0.311 e. The number of carboxylic acids is 1. The minimum absolute atomic E-state index is 0.0389. The van der Waals surface area contributed by atoms with Crippen LogP contribution in [0.15, 0.2) is 0 Å². The van der Waals surface area contributed by atoms with E-state index in [1.54, 1.807) is 0 Å².